The molecule has 11 heteroatoms. The van der Waals surface area contributed by atoms with Gasteiger partial charge in [-0.2, -0.15) is 0 Å². The highest BCUT2D eigenvalue weighted by Crippen LogP contribution is 2.34. The fourth-order valence-electron chi connectivity index (χ4n) is 4.06. The van der Waals surface area contributed by atoms with Crippen LogP contribution in [0.2, 0.25) is 10.0 Å². The third-order valence-electron chi connectivity index (χ3n) is 6.11. The molecule has 1 atom stereocenters. The van der Waals surface area contributed by atoms with E-state index in [9.17, 15) is 9.59 Å². The smallest absolute Gasteiger partial charge is 0.305 e. The maximum atomic E-state index is 12.4. The number of carbonyl (C=O) groups is 2. The van der Waals surface area contributed by atoms with Gasteiger partial charge in [-0.1, -0.05) is 41.4 Å². The maximum absolute atomic E-state index is 12.4. The van der Waals surface area contributed by atoms with Gasteiger partial charge in [0.05, 0.1) is 36.5 Å². The first-order valence-electron chi connectivity index (χ1n) is 12.7. The van der Waals surface area contributed by atoms with Crippen LogP contribution >= 0.6 is 23.2 Å². The summed E-state index contributed by atoms with van der Waals surface area (Å²) < 4.78 is 15.9. The Morgan fingerprint density at radius 2 is 1.80 bits per heavy atom. The number of nitrogens with zero attached hydrogens (tertiary/aromatic N) is 2. The molecule has 1 heterocycles. The average Bonchev–Trinajstić information content (AvgIpc) is 2.98. The lowest BCUT2D eigenvalue weighted by Gasteiger charge is -2.21. The van der Waals surface area contributed by atoms with Crippen molar-refractivity contribution in [2.24, 2.45) is 0 Å². The van der Waals surface area contributed by atoms with E-state index in [2.05, 4.69) is 20.6 Å². The Bertz CT molecular complexity index is 1500. The van der Waals surface area contributed by atoms with Gasteiger partial charge in [-0.25, -0.2) is 9.97 Å². The number of esters is 1. The van der Waals surface area contributed by atoms with E-state index in [1.165, 1.54) is 13.4 Å². The maximum Gasteiger partial charge on any atom is 0.305 e. The molecule has 0 amide bonds. The minimum Gasteiger partial charge on any atom is -0.497 e. The van der Waals surface area contributed by atoms with Gasteiger partial charge >= 0.3 is 5.97 Å². The lowest BCUT2D eigenvalue weighted by atomic mass is 9.99. The van der Waals surface area contributed by atoms with Crippen LogP contribution in [-0.2, 0) is 9.53 Å². The van der Waals surface area contributed by atoms with Crippen LogP contribution in [0.25, 0.3) is 0 Å². The molecule has 9 nitrogen and oxygen atoms in total. The molecule has 0 radical (unpaired) electrons. The molecule has 1 aromatic heterocycles. The second kappa shape index (κ2) is 14.5. The molecule has 0 aliphatic heterocycles. The Hall–Kier alpha value is -4.18. The van der Waals surface area contributed by atoms with Crippen molar-refractivity contribution < 1.29 is 23.8 Å². The van der Waals surface area contributed by atoms with Crippen molar-refractivity contribution in [2.45, 2.75) is 18.9 Å². The second-order valence-electron chi connectivity index (χ2n) is 8.81. The zero-order valence-corrected chi connectivity index (χ0v) is 23.9. The van der Waals surface area contributed by atoms with Gasteiger partial charge in [-0.05, 0) is 67.1 Å². The molecule has 0 bridgehead atoms. The van der Waals surface area contributed by atoms with Crippen LogP contribution in [0.4, 0.5) is 11.5 Å². The van der Waals surface area contributed by atoms with Gasteiger partial charge in [-0.3, -0.25) is 9.59 Å². The lowest BCUT2D eigenvalue weighted by Crippen LogP contribution is -2.26. The molecule has 0 aliphatic carbocycles. The molecule has 4 aromatic rings. The van der Waals surface area contributed by atoms with Gasteiger partial charge in [0.1, 0.15) is 29.4 Å². The lowest BCUT2D eigenvalue weighted by molar-refractivity contribution is -0.140. The number of methoxy groups -OCH3 is 2. The van der Waals surface area contributed by atoms with E-state index < -0.39 is 6.04 Å². The number of hydrogen-bond donors (Lipinski definition) is 2. The predicted octanol–water partition coefficient (Wildman–Crippen LogP) is 6.77. The van der Waals surface area contributed by atoms with Crippen molar-refractivity contribution in [3.8, 4) is 17.2 Å². The summed E-state index contributed by atoms with van der Waals surface area (Å²) in [6.07, 6.45) is 2.89. The normalized spacial score (nSPS) is 11.4. The monoisotopic (exact) mass is 594 g/mol. The third kappa shape index (κ3) is 7.94. The van der Waals surface area contributed by atoms with E-state index >= 15 is 0 Å². The quantitative estimate of drug-likeness (QED) is 0.0982. The van der Waals surface area contributed by atoms with E-state index in [0.29, 0.717) is 63.7 Å². The van der Waals surface area contributed by atoms with E-state index in [1.807, 2.05) is 24.3 Å². The molecule has 1 unspecified atom stereocenters. The van der Waals surface area contributed by atoms with Gasteiger partial charge in [-0.15, -0.1) is 0 Å². The molecule has 0 spiro atoms. The number of anilines is 2. The molecule has 41 heavy (non-hydrogen) atoms. The first-order chi connectivity index (χ1) is 19.9. The number of benzene rings is 3. The number of hydrogen-bond acceptors (Lipinski definition) is 9. The summed E-state index contributed by atoms with van der Waals surface area (Å²) in [5.41, 5.74) is 2.17. The zero-order chi connectivity index (χ0) is 29.2. The van der Waals surface area contributed by atoms with E-state index in [4.69, 9.17) is 37.4 Å². The van der Waals surface area contributed by atoms with Crippen LogP contribution in [0.1, 0.15) is 40.5 Å². The van der Waals surface area contributed by atoms with Gasteiger partial charge in [0, 0.05) is 17.1 Å². The fraction of sp³-hybridized carbons (Fsp3) is 0.200. The molecular formula is C30H28Cl2N4O5. The van der Waals surface area contributed by atoms with Crippen LogP contribution < -0.4 is 20.1 Å². The van der Waals surface area contributed by atoms with Gasteiger partial charge in [0.25, 0.3) is 0 Å². The van der Waals surface area contributed by atoms with E-state index in [0.717, 1.165) is 5.56 Å². The molecule has 3 aromatic carbocycles. The Kier molecular flexibility index (Phi) is 10.5. The standard InChI is InChI=1S/C30H28Cl2N4O5/c1-39-22-11-8-19(9-12-22)28(33-14-4-7-27(38)40-2)29-24(17-37)30(35-18-34-29)36-21-10-13-26(25(32)16-21)41-23-6-3-5-20(31)15-23/h3,5-6,8-13,15-18,28,33H,4,7,14H2,1-2H3,(H,34,35,36). The molecule has 4 rings (SSSR count). The number of carbonyl (C=O) groups excluding carboxylic acids is 2. The van der Waals surface area contributed by atoms with Crippen LogP contribution in [0.15, 0.2) is 73.1 Å². The molecule has 2 N–H and O–H groups in total. The summed E-state index contributed by atoms with van der Waals surface area (Å²) in [5, 5.41) is 7.47. The van der Waals surface area contributed by atoms with Gasteiger partial charge in [0.15, 0.2) is 6.29 Å². The molecule has 0 saturated heterocycles. The number of halogens is 2. The highest BCUT2D eigenvalue weighted by atomic mass is 35.5. The topological polar surface area (TPSA) is 112 Å². The first kappa shape index (κ1) is 29.8. The van der Waals surface area contributed by atoms with Crippen molar-refractivity contribution >= 4 is 47.0 Å². The minimum absolute atomic E-state index is 0.258. The van der Waals surface area contributed by atoms with Crippen molar-refractivity contribution in [1.29, 1.82) is 0 Å². The number of aldehydes is 1. The predicted molar refractivity (Wildman–Crippen MR) is 158 cm³/mol. The Labute approximate surface area is 247 Å². The number of ether oxygens (including phenoxy) is 3. The SMILES string of the molecule is COC(=O)CCCNC(c1ccc(OC)cc1)c1ncnc(Nc2ccc(Oc3cccc(Cl)c3)c(Cl)c2)c1C=O. The van der Waals surface area contributed by atoms with Crippen LogP contribution in [0, 0.1) is 0 Å². The number of aromatic nitrogens is 2. The highest BCUT2D eigenvalue weighted by Gasteiger charge is 2.22. The van der Waals surface area contributed by atoms with Crippen LogP contribution in [0.5, 0.6) is 17.2 Å². The summed E-state index contributed by atoms with van der Waals surface area (Å²) in [6.45, 7) is 0.473. The largest absolute Gasteiger partial charge is 0.497 e. The minimum atomic E-state index is -0.473. The Balaban J connectivity index is 1.60. The molecular weight excluding hydrogens is 567 g/mol. The first-order valence-corrected chi connectivity index (χ1v) is 13.4. The molecule has 0 fully saturated rings. The molecule has 0 saturated carbocycles. The zero-order valence-electron chi connectivity index (χ0n) is 22.4. The number of rotatable bonds is 13. The van der Waals surface area contributed by atoms with Crippen LogP contribution in [0.3, 0.4) is 0 Å². The summed E-state index contributed by atoms with van der Waals surface area (Å²) in [4.78, 5) is 32.8. The van der Waals surface area contributed by atoms with Crippen molar-refractivity contribution in [2.75, 3.05) is 26.1 Å². The second-order valence-corrected chi connectivity index (χ2v) is 9.65. The van der Waals surface area contributed by atoms with Crippen molar-refractivity contribution in [1.82, 2.24) is 15.3 Å². The van der Waals surface area contributed by atoms with E-state index in [-0.39, 0.29) is 18.0 Å². The average molecular weight is 595 g/mol. The van der Waals surface area contributed by atoms with Crippen molar-refractivity contribution in [3.05, 3.63) is 99.9 Å². The summed E-state index contributed by atoms with van der Waals surface area (Å²) in [5.74, 6) is 1.69. The number of nitrogens with one attached hydrogen (secondary N) is 2. The summed E-state index contributed by atoms with van der Waals surface area (Å²) >= 11 is 12.5. The van der Waals surface area contributed by atoms with Crippen LogP contribution in [-0.4, -0.2) is 43.0 Å². The Morgan fingerprint density at radius 1 is 1.00 bits per heavy atom. The van der Waals surface area contributed by atoms with Crippen molar-refractivity contribution in [3.63, 3.8) is 0 Å². The third-order valence-corrected chi connectivity index (χ3v) is 6.64. The van der Waals surface area contributed by atoms with Gasteiger partial charge in [0.2, 0.25) is 0 Å². The summed E-state index contributed by atoms with van der Waals surface area (Å²) in [6, 6.07) is 19.1. The van der Waals surface area contributed by atoms with Gasteiger partial charge < -0.3 is 24.8 Å². The highest BCUT2D eigenvalue weighted by molar-refractivity contribution is 6.32. The Morgan fingerprint density at radius 3 is 2.49 bits per heavy atom. The summed E-state index contributed by atoms with van der Waals surface area (Å²) in [7, 11) is 2.95. The molecule has 0 aliphatic rings. The van der Waals surface area contributed by atoms with E-state index in [1.54, 1.807) is 49.6 Å². The molecule has 212 valence electrons. The fourth-order valence-corrected chi connectivity index (χ4v) is 4.46.